The zero-order chi connectivity index (χ0) is 17.1. The Balaban J connectivity index is 1.58. The Bertz CT molecular complexity index is 838. The number of hydrogen-bond acceptors (Lipinski definition) is 4. The maximum Gasteiger partial charge on any atom is 0.124 e. The van der Waals surface area contributed by atoms with Gasteiger partial charge in [-0.05, 0) is 56.4 Å². The molecule has 128 valence electrons. The first-order valence-corrected chi connectivity index (χ1v) is 9.81. The van der Waals surface area contributed by atoms with Crippen molar-refractivity contribution in [1.82, 2.24) is 9.97 Å². The van der Waals surface area contributed by atoms with Crippen molar-refractivity contribution in [2.24, 2.45) is 0 Å². The number of benzene rings is 1. The van der Waals surface area contributed by atoms with Crippen molar-refractivity contribution in [3.63, 3.8) is 0 Å². The minimum Gasteiger partial charge on any atom is -0.490 e. The van der Waals surface area contributed by atoms with Crippen molar-refractivity contribution in [2.45, 2.75) is 45.1 Å². The van der Waals surface area contributed by atoms with E-state index in [1.807, 2.05) is 12.1 Å². The Kier molecular flexibility index (Phi) is 4.79. The molecule has 0 N–H and O–H groups in total. The number of pyridine rings is 1. The lowest BCUT2D eigenvalue weighted by Gasteiger charge is -2.24. The van der Waals surface area contributed by atoms with Crippen LogP contribution in [0, 0.1) is 6.92 Å². The molecule has 4 rings (SSSR count). The SMILES string of the molecule is Cc1ccc(-c2nc(-c3ccncc3)cs2)cc1OC1CCCCC1. The van der Waals surface area contributed by atoms with Gasteiger partial charge in [0.15, 0.2) is 0 Å². The molecule has 2 heterocycles. The van der Waals surface area contributed by atoms with Crippen LogP contribution in [-0.2, 0) is 0 Å². The van der Waals surface area contributed by atoms with Gasteiger partial charge in [-0.15, -0.1) is 11.3 Å². The van der Waals surface area contributed by atoms with E-state index in [2.05, 4.69) is 35.5 Å². The summed E-state index contributed by atoms with van der Waals surface area (Å²) in [6.45, 7) is 2.12. The Morgan fingerprint density at radius 1 is 1.00 bits per heavy atom. The van der Waals surface area contributed by atoms with E-state index < -0.39 is 0 Å². The van der Waals surface area contributed by atoms with Gasteiger partial charge in [-0.2, -0.15) is 0 Å². The molecule has 0 spiro atoms. The van der Waals surface area contributed by atoms with Crippen LogP contribution < -0.4 is 4.74 Å². The summed E-state index contributed by atoms with van der Waals surface area (Å²) in [6, 6.07) is 10.4. The average molecular weight is 350 g/mol. The summed E-state index contributed by atoms with van der Waals surface area (Å²) in [5.74, 6) is 1.00. The predicted molar refractivity (Wildman–Crippen MR) is 103 cm³/mol. The topological polar surface area (TPSA) is 35.0 Å². The molecule has 3 aromatic rings. The van der Waals surface area contributed by atoms with Crippen molar-refractivity contribution >= 4 is 11.3 Å². The molecule has 0 unspecified atom stereocenters. The van der Waals surface area contributed by atoms with E-state index in [1.165, 1.54) is 37.7 Å². The third kappa shape index (κ3) is 3.74. The van der Waals surface area contributed by atoms with Crippen molar-refractivity contribution < 1.29 is 4.74 Å². The van der Waals surface area contributed by atoms with Gasteiger partial charge in [0.2, 0.25) is 0 Å². The molecule has 25 heavy (non-hydrogen) atoms. The van der Waals surface area contributed by atoms with Crippen LogP contribution in [-0.4, -0.2) is 16.1 Å². The lowest BCUT2D eigenvalue weighted by molar-refractivity contribution is 0.154. The summed E-state index contributed by atoms with van der Waals surface area (Å²) in [5.41, 5.74) is 4.42. The molecule has 4 heteroatoms. The van der Waals surface area contributed by atoms with Gasteiger partial charge in [0.25, 0.3) is 0 Å². The number of hydrogen-bond donors (Lipinski definition) is 0. The van der Waals surface area contributed by atoms with E-state index >= 15 is 0 Å². The van der Waals surface area contributed by atoms with Crippen LogP contribution in [0.4, 0.5) is 0 Å². The van der Waals surface area contributed by atoms with Gasteiger partial charge in [-0.1, -0.05) is 18.6 Å². The van der Waals surface area contributed by atoms with Gasteiger partial charge in [0.05, 0.1) is 11.8 Å². The fourth-order valence-electron chi connectivity index (χ4n) is 3.28. The summed E-state index contributed by atoms with van der Waals surface area (Å²) in [5, 5.41) is 3.13. The van der Waals surface area contributed by atoms with E-state index in [4.69, 9.17) is 9.72 Å². The lowest BCUT2D eigenvalue weighted by Crippen LogP contribution is -2.20. The zero-order valence-electron chi connectivity index (χ0n) is 14.4. The number of aromatic nitrogens is 2. The minimum absolute atomic E-state index is 0.367. The Labute approximate surface area is 152 Å². The van der Waals surface area contributed by atoms with Crippen molar-refractivity contribution in [3.8, 4) is 27.6 Å². The predicted octanol–water partition coefficient (Wildman–Crippen LogP) is 5.89. The van der Waals surface area contributed by atoms with Crippen LogP contribution >= 0.6 is 11.3 Å². The smallest absolute Gasteiger partial charge is 0.124 e. The molecule has 0 bridgehead atoms. The first-order chi connectivity index (χ1) is 12.3. The second-order valence-electron chi connectivity index (χ2n) is 6.63. The van der Waals surface area contributed by atoms with Gasteiger partial charge in [-0.25, -0.2) is 4.98 Å². The summed E-state index contributed by atoms with van der Waals surface area (Å²) < 4.78 is 6.31. The molecule has 0 radical (unpaired) electrons. The van der Waals surface area contributed by atoms with Crippen molar-refractivity contribution in [2.75, 3.05) is 0 Å². The number of aryl methyl sites for hydroxylation is 1. The maximum atomic E-state index is 6.31. The average Bonchev–Trinajstić information content (AvgIpc) is 3.15. The summed E-state index contributed by atoms with van der Waals surface area (Å²) >= 11 is 1.67. The number of nitrogens with zero attached hydrogens (tertiary/aromatic N) is 2. The second kappa shape index (κ2) is 7.36. The van der Waals surface area contributed by atoms with Crippen molar-refractivity contribution in [1.29, 1.82) is 0 Å². The molecule has 1 saturated carbocycles. The highest BCUT2D eigenvalue weighted by atomic mass is 32.1. The van der Waals surface area contributed by atoms with Crippen LogP contribution in [0.15, 0.2) is 48.1 Å². The molecule has 1 aliphatic carbocycles. The minimum atomic E-state index is 0.367. The van der Waals surface area contributed by atoms with Crippen LogP contribution in [0.1, 0.15) is 37.7 Å². The Morgan fingerprint density at radius 2 is 1.80 bits per heavy atom. The fraction of sp³-hybridized carbons (Fsp3) is 0.333. The van der Waals surface area contributed by atoms with E-state index in [1.54, 1.807) is 23.7 Å². The molecule has 0 amide bonds. The molecule has 0 atom stereocenters. The van der Waals surface area contributed by atoms with Crippen LogP contribution in [0.3, 0.4) is 0 Å². The molecular formula is C21H22N2OS. The van der Waals surface area contributed by atoms with Gasteiger partial charge >= 0.3 is 0 Å². The van der Waals surface area contributed by atoms with Gasteiger partial charge in [0.1, 0.15) is 10.8 Å². The number of ether oxygens (including phenoxy) is 1. The van der Waals surface area contributed by atoms with E-state index in [0.29, 0.717) is 6.10 Å². The van der Waals surface area contributed by atoms with Gasteiger partial charge < -0.3 is 4.74 Å². The normalized spacial score (nSPS) is 15.2. The molecule has 1 aliphatic rings. The third-order valence-electron chi connectivity index (χ3n) is 4.76. The van der Waals surface area contributed by atoms with E-state index in [9.17, 15) is 0 Å². The Hall–Kier alpha value is -2.20. The highest BCUT2D eigenvalue weighted by Crippen LogP contribution is 2.33. The molecule has 1 fully saturated rings. The standard InChI is InChI=1S/C21H22N2OS/c1-15-7-8-17(13-20(15)24-18-5-3-2-4-6-18)21-23-19(14-25-21)16-9-11-22-12-10-16/h7-14,18H,2-6H2,1H3. The fourth-order valence-corrected chi connectivity index (χ4v) is 4.11. The molecule has 3 nitrogen and oxygen atoms in total. The molecular weight excluding hydrogens is 328 g/mol. The van der Waals surface area contributed by atoms with Crippen LogP contribution in [0.2, 0.25) is 0 Å². The first-order valence-electron chi connectivity index (χ1n) is 8.93. The monoisotopic (exact) mass is 350 g/mol. The second-order valence-corrected chi connectivity index (χ2v) is 7.49. The molecule has 0 aliphatic heterocycles. The van der Waals surface area contributed by atoms with E-state index in [-0.39, 0.29) is 0 Å². The van der Waals surface area contributed by atoms with Gasteiger partial charge in [-0.3, -0.25) is 4.98 Å². The Morgan fingerprint density at radius 3 is 2.60 bits per heavy atom. The first kappa shape index (κ1) is 16.3. The highest BCUT2D eigenvalue weighted by molar-refractivity contribution is 7.13. The molecule has 2 aromatic heterocycles. The van der Waals surface area contributed by atoms with E-state index in [0.717, 1.165) is 27.6 Å². The largest absolute Gasteiger partial charge is 0.490 e. The zero-order valence-corrected chi connectivity index (χ0v) is 15.3. The van der Waals surface area contributed by atoms with Crippen molar-refractivity contribution in [3.05, 3.63) is 53.7 Å². The van der Waals surface area contributed by atoms with Crippen LogP contribution in [0.5, 0.6) is 5.75 Å². The van der Waals surface area contributed by atoms with Crippen LogP contribution in [0.25, 0.3) is 21.8 Å². The highest BCUT2D eigenvalue weighted by Gasteiger charge is 2.16. The van der Waals surface area contributed by atoms with Gasteiger partial charge in [0, 0.05) is 28.9 Å². The summed E-state index contributed by atoms with van der Waals surface area (Å²) in [4.78, 5) is 8.88. The number of rotatable bonds is 4. The number of thiazole rings is 1. The maximum absolute atomic E-state index is 6.31. The third-order valence-corrected chi connectivity index (χ3v) is 5.65. The summed E-state index contributed by atoms with van der Waals surface area (Å²) in [6.07, 6.45) is 10.2. The lowest BCUT2D eigenvalue weighted by atomic mass is 9.97. The molecule has 1 aromatic carbocycles. The molecule has 0 saturated heterocycles. The quantitative estimate of drug-likeness (QED) is 0.588. The summed E-state index contributed by atoms with van der Waals surface area (Å²) in [7, 11) is 0.